The molecule has 3 aromatic carbocycles. The summed E-state index contributed by atoms with van der Waals surface area (Å²) in [5, 5.41) is 4.03. The van der Waals surface area contributed by atoms with Crippen LogP contribution in [0.25, 0.3) is 33.7 Å². The lowest BCUT2D eigenvalue weighted by Gasteiger charge is -2.10. The molecule has 0 spiro atoms. The maximum atomic E-state index is 12.7. The molecular weight excluding hydrogens is 398 g/mol. The van der Waals surface area contributed by atoms with Gasteiger partial charge in [0.15, 0.2) is 0 Å². The fourth-order valence-electron chi connectivity index (χ4n) is 3.94. The van der Waals surface area contributed by atoms with Crippen molar-refractivity contribution in [2.45, 2.75) is 0 Å². The molecule has 0 bridgehead atoms. The van der Waals surface area contributed by atoms with Gasteiger partial charge in [-0.15, -0.1) is 0 Å². The molecule has 5 heteroatoms. The van der Waals surface area contributed by atoms with E-state index in [1.807, 2.05) is 74.8 Å². The number of fused-ring (bicyclic) bond motifs is 2. The maximum Gasteiger partial charge on any atom is 0.256 e. The van der Waals surface area contributed by atoms with Gasteiger partial charge in [-0.3, -0.25) is 4.79 Å². The van der Waals surface area contributed by atoms with E-state index in [9.17, 15) is 4.79 Å². The average Bonchev–Trinajstić information content (AvgIpc) is 3.33. The zero-order valence-corrected chi connectivity index (χ0v) is 18.2. The molecule has 4 aromatic rings. The Morgan fingerprint density at radius 2 is 1.78 bits per heavy atom. The zero-order chi connectivity index (χ0) is 22.1. The van der Waals surface area contributed by atoms with Crippen molar-refractivity contribution in [2.75, 3.05) is 32.6 Å². The number of ether oxygens (including phenoxy) is 1. The number of aromatic amines is 1. The second-order valence-electron chi connectivity index (χ2n) is 8.26. The van der Waals surface area contributed by atoms with Crippen molar-refractivity contribution >= 4 is 34.1 Å². The minimum absolute atomic E-state index is 0.0865. The number of hydrogen-bond acceptors (Lipinski definition) is 3. The Balaban J connectivity index is 1.45. The first-order valence-electron chi connectivity index (χ1n) is 10.7. The van der Waals surface area contributed by atoms with Crippen LogP contribution in [0, 0.1) is 0 Å². The lowest BCUT2D eigenvalue weighted by atomic mass is 9.99. The number of benzene rings is 3. The largest absolute Gasteiger partial charge is 0.492 e. The molecule has 32 heavy (non-hydrogen) atoms. The van der Waals surface area contributed by atoms with Crippen molar-refractivity contribution in [3.63, 3.8) is 0 Å². The Bertz CT molecular complexity index is 1320. The number of hydrogen-bond donors (Lipinski definition) is 2. The van der Waals surface area contributed by atoms with Gasteiger partial charge < -0.3 is 19.9 Å². The highest BCUT2D eigenvalue weighted by molar-refractivity contribution is 6.35. The maximum absolute atomic E-state index is 12.7. The normalized spacial score (nSPS) is 14.2. The molecule has 5 nitrogen and oxygen atoms in total. The molecule has 160 valence electrons. The average molecular weight is 424 g/mol. The Morgan fingerprint density at radius 1 is 0.938 bits per heavy atom. The van der Waals surface area contributed by atoms with E-state index in [0.29, 0.717) is 12.2 Å². The monoisotopic (exact) mass is 423 g/mol. The van der Waals surface area contributed by atoms with Gasteiger partial charge in [0.25, 0.3) is 5.91 Å². The Labute approximate surface area is 187 Å². The van der Waals surface area contributed by atoms with Crippen LogP contribution in [0.1, 0.15) is 11.3 Å². The van der Waals surface area contributed by atoms with E-state index in [4.69, 9.17) is 4.74 Å². The fraction of sp³-hybridized carbons (Fsp3) is 0.148. The number of likely N-dealkylation sites (N-methyl/N-ethyl adjacent to an activating group) is 1. The minimum atomic E-state index is -0.0865. The van der Waals surface area contributed by atoms with Crippen LogP contribution in [0.15, 0.2) is 72.8 Å². The van der Waals surface area contributed by atoms with Gasteiger partial charge in [0.1, 0.15) is 12.4 Å². The molecule has 1 amide bonds. The smallest absolute Gasteiger partial charge is 0.256 e. The number of anilines is 1. The standard InChI is InChI=1S/C27H25N3O2/c1-30(2)12-13-32-22-9-11-25-20(15-22)14-21(28-25)17-24-23-16-19(18-6-4-3-5-7-18)8-10-26(23)29-27(24)31/h3-11,14-17,28H,12-13H2,1-2H3,(H,29,31)/b24-17-. The van der Waals surface area contributed by atoms with Gasteiger partial charge in [-0.05, 0) is 67.7 Å². The molecule has 2 N–H and O–H groups in total. The van der Waals surface area contributed by atoms with Gasteiger partial charge in [-0.1, -0.05) is 36.4 Å². The number of carbonyl (C=O) groups excluding carboxylic acids is 1. The quantitative estimate of drug-likeness (QED) is 0.416. The SMILES string of the molecule is CN(C)CCOc1ccc2[nH]c(/C=C3\C(=O)Nc4ccc(-c5ccccc5)cc43)cc2c1. The van der Waals surface area contributed by atoms with E-state index in [0.717, 1.165) is 51.3 Å². The number of H-pyrrole nitrogens is 1. The van der Waals surface area contributed by atoms with E-state index < -0.39 is 0 Å². The number of aromatic nitrogens is 1. The topological polar surface area (TPSA) is 57.4 Å². The number of carbonyl (C=O) groups is 1. The summed E-state index contributed by atoms with van der Waals surface area (Å²) < 4.78 is 5.85. The molecule has 0 atom stereocenters. The summed E-state index contributed by atoms with van der Waals surface area (Å²) in [6, 6.07) is 24.3. The second-order valence-corrected chi connectivity index (χ2v) is 8.26. The van der Waals surface area contributed by atoms with E-state index in [1.54, 1.807) is 0 Å². The highest BCUT2D eigenvalue weighted by atomic mass is 16.5. The van der Waals surface area contributed by atoms with Crippen molar-refractivity contribution in [1.82, 2.24) is 9.88 Å². The van der Waals surface area contributed by atoms with Crippen LogP contribution in [0.3, 0.4) is 0 Å². The van der Waals surface area contributed by atoms with Gasteiger partial charge in [0.2, 0.25) is 0 Å². The lowest BCUT2D eigenvalue weighted by molar-refractivity contribution is -0.110. The molecule has 2 heterocycles. The van der Waals surface area contributed by atoms with Crippen molar-refractivity contribution in [3.8, 4) is 16.9 Å². The van der Waals surface area contributed by atoms with Crippen LogP contribution >= 0.6 is 0 Å². The van der Waals surface area contributed by atoms with Crippen LogP contribution in [-0.4, -0.2) is 43.0 Å². The first-order chi connectivity index (χ1) is 15.6. The number of rotatable bonds is 6. The van der Waals surface area contributed by atoms with Crippen LogP contribution < -0.4 is 10.1 Å². The predicted octanol–water partition coefficient (Wildman–Crippen LogP) is 5.27. The van der Waals surface area contributed by atoms with Crippen molar-refractivity contribution in [3.05, 3.63) is 84.1 Å². The molecule has 5 rings (SSSR count). The summed E-state index contributed by atoms with van der Waals surface area (Å²) in [6.45, 7) is 1.50. The molecule has 1 aliphatic rings. The first kappa shape index (κ1) is 20.1. The molecule has 0 aliphatic carbocycles. The molecule has 0 fully saturated rings. The van der Waals surface area contributed by atoms with E-state index in [1.165, 1.54) is 0 Å². The summed E-state index contributed by atoms with van der Waals surface area (Å²) in [5.74, 6) is 0.755. The second kappa shape index (κ2) is 8.36. The lowest BCUT2D eigenvalue weighted by Crippen LogP contribution is -2.19. The van der Waals surface area contributed by atoms with Gasteiger partial charge in [-0.2, -0.15) is 0 Å². The number of nitrogens with zero attached hydrogens (tertiary/aromatic N) is 1. The first-order valence-corrected chi connectivity index (χ1v) is 10.7. The van der Waals surface area contributed by atoms with Crippen LogP contribution in [-0.2, 0) is 4.79 Å². The molecular formula is C27H25N3O2. The van der Waals surface area contributed by atoms with Gasteiger partial charge in [-0.25, -0.2) is 0 Å². The summed E-state index contributed by atoms with van der Waals surface area (Å²) in [7, 11) is 4.05. The third kappa shape index (κ3) is 4.03. The summed E-state index contributed by atoms with van der Waals surface area (Å²) in [6.07, 6.45) is 1.92. The molecule has 0 saturated heterocycles. The third-order valence-electron chi connectivity index (χ3n) is 5.63. The Kier molecular flexibility index (Phi) is 5.25. The number of nitrogens with one attached hydrogen (secondary N) is 2. The highest BCUT2D eigenvalue weighted by Crippen LogP contribution is 2.36. The zero-order valence-electron chi connectivity index (χ0n) is 18.2. The van der Waals surface area contributed by atoms with Crippen LogP contribution in [0.4, 0.5) is 5.69 Å². The van der Waals surface area contributed by atoms with Gasteiger partial charge >= 0.3 is 0 Å². The molecule has 0 saturated carbocycles. The third-order valence-corrected chi connectivity index (χ3v) is 5.63. The van der Waals surface area contributed by atoms with E-state index in [-0.39, 0.29) is 5.91 Å². The van der Waals surface area contributed by atoms with Crippen molar-refractivity contribution in [2.24, 2.45) is 0 Å². The summed E-state index contributed by atoms with van der Waals surface area (Å²) >= 11 is 0. The number of amides is 1. The molecule has 1 aromatic heterocycles. The Hall–Kier alpha value is -3.83. The highest BCUT2D eigenvalue weighted by Gasteiger charge is 2.24. The van der Waals surface area contributed by atoms with Crippen LogP contribution in [0.2, 0.25) is 0 Å². The van der Waals surface area contributed by atoms with Crippen LogP contribution in [0.5, 0.6) is 5.75 Å². The van der Waals surface area contributed by atoms with Crippen molar-refractivity contribution in [1.29, 1.82) is 0 Å². The molecule has 1 aliphatic heterocycles. The summed E-state index contributed by atoms with van der Waals surface area (Å²) in [4.78, 5) is 18.2. The fourth-order valence-corrected chi connectivity index (χ4v) is 3.94. The van der Waals surface area contributed by atoms with E-state index in [2.05, 4.69) is 33.4 Å². The summed E-state index contributed by atoms with van der Waals surface area (Å²) in [5.41, 5.74) is 6.52. The minimum Gasteiger partial charge on any atom is -0.492 e. The Morgan fingerprint density at radius 3 is 2.59 bits per heavy atom. The van der Waals surface area contributed by atoms with Gasteiger partial charge in [0.05, 0.1) is 5.57 Å². The predicted molar refractivity (Wildman–Crippen MR) is 131 cm³/mol. The van der Waals surface area contributed by atoms with Gasteiger partial charge in [0, 0.05) is 34.4 Å². The van der Waals surface area contributed by atoms with Crippen molar-refractivity contribution < 1.29 is 9.53 Å². The molecule has 0 radical (unpaired) electrons. The van der Waals surface area contributed by atoms with E-state index >= 15 is 0 Å². The molecule has 0 unspecified atom stereocenters.